The Hall–Kier alpha value is -0.810. The summed E-state index contributed by atoms with van der Waals surface area (Å²) in [5, 5.41) is 17.8. The van der Waals surface area contributed by atoms with Gasteiger partial charge in [-0.3, -0.25) is 9.59 Å². The Morgan fingerprint density at radius 2 is 2.06 bits per heavy atom. The van der Waals surface area contributed by atoms with Crippen LogP contribution in [0.4, 0.5) is 0 Å². The monoisotopic (exact) mass is 251 g/mol. The second-order valence-electron chi connectivity index (χ2n) is 4.24. The summed E-state index contributed by atoms with van der Waals surface area (Å²) in [6.45, 7) is 1.98. The molecule has 0 aliphatic heterocycles. The average Bonchev–Trinajstić information content (AvgIpc) is 2.89. The fourth-order valence-corrected chi connectivity index (χ4v) is 2.11. The van der Waals surface area contributed by atoms with Crippen molar-refractivity contribution in [2.75, 3.05) is 0 Å². The molecule has 1 aliphatic carbocycles. The SMILES string of the molecule is CCCC[C@]1(C(=O)O)C[C@H]1[C@H](N)C(=O)O.Cl. The standard InChI is InChI=1S/C10H17NO4.ClH/c1-2-3-4-10(9(14)15)5-6(10)7(11)8(12)13;/h6-7H,2-5,11H2,1H3,(H,12,13)(H,14,15);1H/t6-,7-,10-;/m0./s1. The molecule has 1 rings (SSSR count). The maximum Gasteiger partial charge on any atom is 0.320 e. The molecule has 0 aromatic carbocycles. The van der Waals surface area contributed by atoms with Crippen LogP contribution in [0.25, 0.3) is 0 Å². The first-order valence-electron chi connectivity index (χ1n) is 5.17. The number of carbonyl (C=O) groups is 2. The van der Waals surface area contributed by atoms with Gasteiger partial charge in [0.05, 0.1) is 5.41 Å². The van der Waals surface area contributed by atoms with Gasteiger partial charge in [-0.15, -0.1) is 12.4 Å². The normalized spacial score (nSPS) is 29.0. The molecule has 0 amide bonds. The van der Waals surface area contributed by atoms with Gasteiger partial charge in [-0.25, -0.2) is 0 Å². The lowest BCUT2D eigenvalue weighted by Gasteiger charge is -2.13. The number of carboxylic acid groups (broad SMARTS) is 2. The van der Waals surface area contributed by atoms with Gasteiger partial charge in [0.25, 0.3) is 0 Å². The highest BCUT2D eigenvalue weighted by Crippen LogP contribution is 2.57. The fraction of sp³-hybridized carbons (Fsp3) is 0.800. The summed E-state index contributed by atoms with van der Waals surface area (Å²) in [4.78, 5) is 21.7. The van der Waals surface area contributed by atoms with Gasteiger partial charge in [0.2, 0.25) is 0 Å². The maximum absolute atomic E-state index is 11.1. The molecule has 1 saturated carbocycles. The van der Waals surface area contributed by atoms with Gasteiger partial charge in [0.1, 0.15) is 6.04 Å². The van der Waals surface area contributed by atoms with Crippen molar-refractivity contribution in [3.63, 3.8) is 0 Å². The number of hydrogen-bond acceptors (Lipinski definition) is 3. The van der Waals surface area contributed by atoms with Gasteiger partial charge in [0, 0.05) is 5.92 Å². The first kappa shape index (κ1) is 15.2. The minimum atomic E-state index is -1.11. The van der Waals surface area contributed by atoms with Crippen LogP contribution >= 0.6 is 12.4 Å². The van der Waals surface area contributed by atoms with Crippen molar-refractivity contribution in [1.82, 2.24) is 0 Å². The van der Waals surface area contributed by atoms with E-state index in [4.69, 9.17) is 15.9 Å². The van der Waals surface area contributed by atoms with E-state index in [1.54, 1.807) is 0 Å². The number of hydrogen-bond donors (Lipinski definition) is 3. The number of carboxylic acids is 2. The molecule has 0 bridgehead atoms. The molecule has 0 unspecified atom stereocenters. The molecule has 5 nitrogen and oxygen atoms in total. The van der Waals surface area contributed by atoms with Crippen molar-refractivity contribution in [3.05, 3.63) is 0 Å². The first-order valence-corrected chi connectivity index (χ1v) is 5.17. The predicted octanol–water partition coefficient (Wildman–Crippen LogP) is 1.10. The molecule has 3 atom stereocenters. The van der Waals surface area contributed by atoms with E-state index in [1.807, 2.05) is 6.92 Å². The molecule has 16 heavy (non-hydrogen) atoms. The van der Waals surface area contributed by atoms with Crippen LogP contribution < -0.4 is 5.73 Å². The van der Waals surface area contributed by atoms with E-state index in [0.717, 1.165) is 12.8 Å². The zero-order valence-corrected chi connectivity index (χ0v) is 10.00. The zero-order valence-electron chi connectivity index (χ0n) is 9.18. The third-order valence-corrected chi connectivity index (χ3v) is 3.25. The molecule has 6 heteroatoms. The molecule has 0 aromatic rings. The van der Waals surface area contributed by atoms with E-state index in [9.17, 15) is 9.59 Å². The fourth-order valence-electron chi connectivity index (χ4n) is 2.11. The van der Waals surface area contributed by atoms with Crippen molar-refractivity contribution in [2.45, 2.75) is 38.6 Å². The lowest BCUT2D eigenvalue weighted by Crippen LogP contribution is -2.36. The average molecular weight is 252 g/mol. The summed E-state index contributed by atoms with van der Waals surface area (Å²) in [6.07, 6.45) is 2.64. The van der Waals surface area contributed by atoms with Crippen LogP contribution in [0.5, 0.6) is 0 Å². The van der Waals surface area contributed by atoms with E-state index < -0.39 is 29.3 Å². The highest BCUT2D eigenvalue weighted by molar-refractivity contribution is 5.85. The van der Waals surface area contributed by atoms with Gasteiger partial charge in [-0.1, -0.05) is 19.8 Å². The van der Waals surface area contributed by atoms with E-state index in [-0.39, 0.29) is 12.4 Å². The Labute approximate surface area is 100 Å². The summed E-state index contributed by atoms with van der Waals surface area (Å²) in [5.74, 6) is -2.42. The van der Waals surface area contributed by atoms with Crippen molar-refractivity contribution in [1.29, 1.82) is 0 Å². The van der Waals surface area contributed by atoms with E-state index in [2.05, 4.69) is 0 Å². The minimum absolute atomic E-state index is 0. The Morgan fingerprint density at radius 3 is 2.44 bits per heavy atom. The number of rotatable bonds is 6. The van der Waals surface area contributed by atoms with Crippen molar-refractivity contribution < 1.29 is 19.8 Å². The topological polar surface area (TPSA) is 101 Å². The largest absolute Gasteiger partial charge is 0.481 e. The van der Waals surface area contributed by atoms with Crippen LogP contribution in [0.15, 0.2) is 0 Å². The van der Waals surface area contributed by atoms with E-state index in [0.29, 0.717) is 12.8 Å². The van der Waals surface area contributed by atoms with Gasteiger partial charge in [-0.05, 0) is 12.8 Å². The lowest BCUT2D eigenvalue weighted by atomic mass is 9.93. The smallest absolute Gasteiger partial charge is 0.320 e. The van der Waals surface area contributed by atoms with Gasteiger partial charge >= 0.3 is 11.9 Å². The highest BCUT2D eigenvalue weighted by Gasteiger charge is 2.63. The quantitative estimate of drug-likeness (QED) is 0.656. The second kappa shape index (κ2) is 5.50. The number of unbranched alkanes of at least 4 members (excludes halogenated alkanes) is 1. The molecule has 1 aliphatic rings. The zero-order chi connectivity index (χ0) is 11.6. The third-order valence-electron chi connectivity index (χ3n) is 3.25. The van der Waals surface area contributed by atoms with Gasteiger partial charge in [0.15, 0.2) is 0 Å². The minimum Gasteiger partial charge on any atom is -0.481 e. The summed E-state index contributed by atoms with van der Waals surface area (Å²) in [6, 6.07) is -1.04. The molecule has 0 radical (unpaired) electrons. The van der Waals surface area contributed by atoms with Crippen molar-refractivity contribution >= 4 is 24.3 Å². The molecule has 4 N–H and O–H groups in total. The molecular weight excluding hydrogens is 234 g/mol. The molecule has 94 valence electrons. The second-order valence-corrected chi connectivity index (χ2v) is 4.24. The van der Waals surface area contributed by atoms with Crippen molar-refractivity contribution in [2.24, 2.45) is 17.1 Å². The summed E-state index contributed by atoms with van der Waals surface area (Å²) >= 11 is 0. The summed E-state index contributed by atoms with van der Waals surface area (Å²) in [5.41, 5.74) is 4.58. The van der Waals surface area contributed by atoms with E-state index in [1.165, 1.54) is 0 Å². The first-order chi connectivity index (χ1) is 6.95. The molecule has 0 aromatic heterocycles. The van der Waals surface area contributed by atoms with Gasteiger partial charge < -0.3 is 15.9 Å². The van der Waals surface area contributed by atoms with Crippen LogP contribution in [0.1, 0.15) is 32.6 Å². The Kier molecular flexibility index (Phi) is 5.22. The Morgan fingerprint density at radius 1 is 1.50 bits per heavy atom. The third kappa shape index (κ3) is 2.65. The molecule has 0 spiro atoms. The van der Waals surface area contributed by atoms with E-state index >= 15 is 0 Å². The van der Waals surface area contributed by atoms with Crippen LogP contribution in [0.3, 0.4) is 0 Å². The van der Waals surface area contributed by atoms with Crippen LogP contribution in [0.2, 0.25) is 0 Å². The molecule has 0 saturated heterocycles. The summed E-state index contributed by atoms with van der Waals surface area (Å²) in [7, 11) is 0. The number of halogens is 1. The van der Waals surface area contributed by atoms with Crippen molar-refractivity contribution in [3.8, 4) is 0 Å². The number of aliphatic carboxylic acids is 2. The molecular formula is C10H18ClNO4. The summed E-state index contributed by atoms with van der Waals surface area (Å²) < 4.78 is 0. The molecule has 1 fully saturated rings. The Bertz CT molecular complexity index is 284. The maximum atomic E-state index is 11.1. The predicted molar refractivity (Wildman–Crippen MR) is 60.6 cm³/mol. The van der Waals surface area contributed by atoms with Crippen LogP contribution in [-0.4, -0.2) is 28.2 Å². The highest BCUT2D eigenvalue weighted by atomic mass is 35.5. The number of nitrogens with two attached hydrogens (primary N) is 1. The van der Waals surface area contributed by atoms with Crippen LogP contribution in [-0.2, 0) is 9.59 Å². The van der Waals surface area contributed by atoms with Crippen LogP contribution in [0, 0.1) is 11.3 Å². The Balaban J connectivity index is 0.00000225. The molecule has 0 heterocycles. The van der Waals surface area contributed by atoms with Gasteiger partial charge in [-0.2, -0.15) is 0 Å². The lowest BCUT2D eigenvalue weighted by molar-refractivity contribution is -0.145.